The SMILES string of the molecule is COCCNC(=O)c1nc(C(=O)N2CCN(C=O)CC2)n2ccccc12. The number of methoxy groups -OCH3 is 1. The highest BCUT2D eigenvalue weighted by molar-refractivity contribution is 6.02. The zero-order valence-corrected chi connectivity index (χ0v) is 14.6. The van der Waals surface area contributed by atoms with Gasteiger partial charge in [-0.25, -0.2) is 4.98 Å². The summed E-state index contributed by atoms with van der Waals surface area (Å²) in [5.41, 5.74) is 0.772. The zero-order chi connectivity index (χ0) is 18.5. The molecule has 2 aromatic heterocycles. The summed E-state index contributed by atoms with van der Waals surface area (Å²) in [5, 5.41) is 2.73. The van der Waals surface area contributed by atoms with Gasteiger partial charge in [0.2, 0.25) is 12.2 Å². The molecule has 2 aromatic rings. The van der Waals surface area contributed by atoms with Gasteiger partial charge in [0.1, 0.15) is 0 Å². The summed E-state index contributed by atoms with van der Waals surface area (Å²) in [5.74, 6) is -0.416. The molecule has 3 amide bonds. The molecule has 9 heteroatoms. The minimum atomic E-state index is -0.351. The highest BCUT2D eigenvalue weighted by atomic mass is 16.5. The topological polar surface area (TPSA) is 96.2 Å². The standard InChI is InChI=1S/C17H21N5O4/c1-26-11-5-18-16(24)14-13-4-2-3-6-22(13)15(19-14)17(25)21-9-7-20(12-23)8-10-21/h2-4,6,12H,5,7-11H2,1H3,(H,18,24). The third-order valence-electron chi connectivity index (χ3n) is 4.30. The fourth-order valence-corrected chi connectivity index (χ4v) is 2.88. The van der Waals surface area contributed by atoms with Gasteiger partial charge in [-0.15, -0.1) is 0 Å². The maximum atomic E-state index is 12.9. The van der Waals surface area contributed by atoms with Crippen molar-refractivity contribution in [2.45, 2.75) is 0 Å². The molecule has 1 aliphatic heterocycles. The molecule has 0 aromatic carbocycles. The van der Waals surface area contributed by atoms with E-state index < -0.39 is 0 Å². The van der Waals surface area contributed by atoms with Gasteiger partial charge >= 0.3 is 0 Å². The predicted molar refractivity (Wildman–Crippen MR) is 92.9 cm³/mol. The monoisotopic (exact) mass is 359 g/mol. The maximum absolute atomic E-state index is 12.9. The molecule has 3 rings (SSSR count). The molecule has 0 saturated carbocycles. The van der Waals surface area contributed by atoms with Crippen molar-refractivity contribution < 1.29 is 19.1 Å². The number of ether oxygens (including phenoxy) is 1. The molecule has 26 heavy (non-hydrogen) atoms. The summed E-state index contributed by atoms with van der Waals surface area (Å²) in [4.78, 5) is 43.7. The van der Waals surface area contributed by atoms with Crippen molar-refractivity contribution >= 4 is 23.7 Å². The van der Waals surface area contributed by atoms with E-state index in [1.54, 1.807) is 45.7 Å². The van der Waals surface area contributed by atoms with Crippen molar-refractivity contribution in [1.82, 2.24) is 24.5 Å². The van der Waals surface area contributed by atoms with Gasteiger partial charge in [-0.05, 0) is 12.1 Å². The van der Waals surface area contributed by atoms with E-state index in [0.29, 0.717) is 44.8 Å². The first-order chi connectivity index (χ1) is 12.7. The molecular formula is C17H21N5O4. The average Bonchev–Trinajstić information content (AvgIpc) is 3.07. The normalized spacial score (nSPS) is 14.5. The number of nitrogens with zero attached hydrogens (tertiary/aromatic N) is 4. The van der Waals surface area contributed by atoms with Crippen molar-refractivity contribution in [3.63, 3.8) is 0 Å². The van der Waals surface area contributed by atoms with Crippen molar-refractivity contribution in [1.29, 1.82) is 0 Å². The fraction of sp³-hybridized carbons (Fsp3) is 0.412. The number of piperazine rings is 1. The number of imidazole rings is 1. The fourth-order valence-electron chi connectivity index (χ4n) is 2.88. The molecular weight excluding hydrogens is 338 g/mol. The number of nitrogens with one attached hydrogen (secondary N) is 1. The number of hydrogen-bond acceptors (Lipinski definition) is 5. The van der Waals surface area contributed by atoms with Crippen LogP contribution in [0.15, 0.2) is 24.4 Å². The molecule has 1 aliphatic rings. The highest BCUT2D eigenvalue weighted by Crippen LogP contribution is 2.15. The Hall–Kier alpha value is -2.94. The van der Waals surface area contributed by atoms with Crippen LogP contribution in [0, 0.1) is 0 Å². The van der Waals surface area contributed by atoms with Gasteiger partial charge in [-0.3, -0.25) is 18.8 Å². The molecule has 0 atom stereocenters. The number of pyridine rings is 1. The number of aromatic nitrogens is 2. The van der Waals surface area contributed by atoms with E-state index in [1.165, 1.54) is 0 Å². The van der Waals surface area contributed by atoms with Gasteiger partial charge in [-0.1, -0.05) is 6.07 Å². The third-order valence-corrected chi connectivity index (χ3v) is 4.30. The number of rotatable bonds is 6. The first-order valence-corrected chi connectivity index (χ1v) is 8.38. The molecule has 1 saturated heterocycles. The summed E-state index contributed by atoms with van der Waals surface area (Å²) in [6.45, 7) is 2.61. The molecule has 138 valence electrons. The first-order valence-electron chi connectivity index (χ1n) is 8.38. The van der Waals surface area contributed by atoms with Crippen LogP contribution >= 0.6 is 0 Å². The van der Waals surface area contributed by atoms with Crippen LogP contribution in [0.2, 0.25) is 0 Å². The maximum Gasteiger partial charge on any atom is 0.290 e. The summed E-state index contributed by atoms with van der Waals surface area (Å²) in [7, 11) is 1.55. The lowest BCUT2D eigenvalue weighted by Gasteiger charge is -2.32. The van der Waals surface area contributed by atoms with E-state index in [-0.39, 0.29) is 23.3 Å². The van der Waals surface area contributed by atoms with Crippen LogP contribution in [0.1, 0.15) is 21.1 Å². The summed E-state index contributed by atoms with van der Waals surface area (Å²) in [6.07, 6.45) is 2.50. The number of hydrogen-bond donors (Lipinski definition) is 1. The van der Waals surface area contributed by atoms with E-state index in [1.807, 2.05) is 0 Å². The van der Waals surface area contributed by atoms with Crippen LogP contribution in [0.4, 0.5) is 0 Å². The van der Waals surface area contributed by atoms with Gasteiger partial charge in [0.05, 0.1) is 12.1 Å². The molecule has 0 bridgehead atoms. The quantitative estimate of drug-likeness (QED) is 0.561. The van der Waals surface area contributed by atoms with Gasteiger partial charge < -0.3 is 19.9 Å². The molecule has 0 unspecified atom stereocenters. The lowest BCUT2D eigenvalue weighted by atomic mass is 10.3. The second-order valence-electron chi connectivity index (χ2n) is 5.92. The average molecular weight is 359 g/mol. The number of carbonyl (C=O) groups is 3. The Morgan fingerprint density at radius 1 is 1.27 bits per heavy atom. The van der Waals surface area contributed by atoms with E-state index >= 15 is 0 Å². The van der Waals surface area contributed by atoms with Crippen molar-refractivity contribution in [3.05, 3.63) is 35.9 Å². The van der Waals surface area contributed by atoms with Gasteiger partial charge in [0.25, 0.3) is 11.8 Å². The molecule has 9 nitrogen and oxygen atoms in total. The van der Waals surface area contributed by atoms with Gasteiger partial charge in [-0.2, -0.15) is 0 Å². The second-order valence-corrected chi connectivity index (χ2v) is 5.92. The van der Waals surface area contributed by atoms with Gasteiger partial charge in [0.15, 0.2) is 5.69 Å². The molecule has 0 spiro atoms. The lowest BCUT2D eigenvalue weighted by Crippen LogP contribution is -2.48. The van der Waals surface area contributed by atoms with Crippen LogP contribution in [0.25, 0.3) is 5.52 Å². The van der Waals surface area contributed by atoms with Crippen LogP contribution in [0.3, 0.4) is 0 Å². The Kier molecular flexibility index (Phi) is 5.47. The van der Waals surface area contributed by atoms with E-state index in [0.717, 1.165) is 6.41 Å². The second kappa shape index (κ2) is 7.96. The van der Waals surface area contributed by atoms with Crippen LogP contribution in [-0.4, -0.2) is 83.8 Å². The number of amides is 3. The minimum absolute atomic E-state index is 0.192. The van der Waals surface area contributed by atoms with Crippen LogP contribution < -0.4 is 5.32 Å². The molecule has 1 N–H and O–H groups in total. The Morgan fingerprint density at radius 2 is 2.04 bits per heavy atom. The first kappa shape index (κ1) is 17.9. The van der Waals surface area contributed by atoms with Crippen molar-refractivity contribution in [3.8, 4) is 0 Å². The number of fused-ring (bicyclic) bond motifs is 1. The highest BCUT2D eigenvalue weighted by Gasteiger charge is 2.27. The third kappa shape index (κ3) is 3.52. The summed E-state index contributed by atoms with van der Waals surface area (Å²) in [6, 6.07) is 5.32. The van der Waals surface area contributed by atoms with E-state index in [9.17, 15) is 14.4 Å². The molecule has 0 radical (unpaired) electrons. The Balaban J connectivity index is 1.85. The predicted octanol–water partition coefficient (Wildman–Crippen LogP) is -0.375. The zero-order valence-electron chi connectivity index (χ0n) is 14.6. The Morgan fingerprint density at radius 3 is 2.73 bits per heavy atom. The largest absolute Gasteiger partial charge is 0.383 e. The van der Waals surface area contributed by atoms with E-state index in [2.05, 4.69) is 10.3 Å². The molecule has 1 fully saturated rings. The smallest absolute Gasteiger partial charge is 0.290 e. The minimum Gasteiger partial charge on any atom is -0.383 e. The molecule has 3 heterocycles. The van der Waals surface area contributed by atoms with Gasteiger partial charge in [0, 0.05) is 46.0 Å². The molecule has 0 aliphatic carbocycles. The van der Waals surface area contributed by atoms with Crippen LogP contribution in [0.5, 0.6) is 0 Å². The summed E-state index contributed by atoms with van der Waals surface area (Å²) >= 11 is 0. The Bertz CT molecular complexity index is 811. The van der Waals surface area contributed by atoms with Crippen LogP contribution in [-0.2, 0) is 9.53 Å². The van der Waals surface area contributed by atoms with E-state index in [4.69, 9.17) is 4.74 Å². The lowest BCUT2D eigenvalue weighted by molar-refractivity contribution is -0.119. The number of carbonyl (C=O) groups excluding carboxylic acids is 3. The van der Waals surface area contributed by atoms with Crippen molar-refractivity contribution in [2.24, 2.45) is 0 Å². The Labute approximate surface area is 150 Å². The summed E-state index contributed by atoms with van der Waals surface area (Å²) < 4.78 is 6.55. The van der Waals surface area contributed by atoms with Crippen molar-refractivity contribution in [2.75, 3.05) is 46.4 Å².